The van der Waals surface area contributed by atoms with E-state index in [1.807, 2.05) is 6.07 Å². The Morgan fingerprint density at radius 1 is 1.38 bits per heavy atom. The summed E-state index contributed by atoms with van der Waals surface area (Å²) in [6.07, 6.45) is -1.93. The fraction of sp³-hybridized carbons (Fsp3) is 0.467. The SMILES string of the molecule is Nc1cccc2c1ncn2[C@@H]1O[C@H](CSCCC(=O)O)[C@@H](O)[C@H]1O. The van der Waals surface area contributed by atoms with Crippen LogP contribution in [0.15, 0.2) is 24.5 Å². The van der Waals surface area contributed by atoms with Crippen LogP contribution in [0.4, 0.5) is 5.69 Å². The minimum Gasteiger partial charge on any atom is -0.481 e. The number of ether oxygens (including phenoxy) is 1. The Balaban J connectivity index is 1.72. The number of nitrogens with two attached hydrogens (primary N) is 1. The number of nitrogens with zero attached hydrogens (tertiary/aromatic N) is 2. The van der Waals surface area contributed by atoms with E-state index in [1.165, 1.54) is 18.1 Å². The van der Waals surface area contributed by atoms with Crippen molar-refractivity contribution in [1.29, 1.82) is 0 Å². The number of para-hydroxylation sites is 1. The van der Waals surface area contributed by atoms with Gasteiger partial charge in [0, 0.05) is 11.5 Å². The van der Waals surface area contributed by atoms with E-state index in [0.29, 0.717) is 28.2 Å². The first-order chi connectivity index (χ1) is 11.5. The largest absolute Gasteiger partial charge is 0.481 e. The Morgan fingerprint density at radius 2 is 2.17 bits per heavy atom. The summed E-state index contributed by atoms with van der Waals surface area (Å²) < 4.78 is 7.45. The summed E-state index contributed by atoms with van der Waals surface area (Å²) in [5.41, 5.74) is 7.74. The van der Waals surface area contributed by atoms with E-state index in [4.69, 9.17) is 15.6 Å². The number of benzene rings is 1. The molecule has 8 nitrogen and oxygen atoms in total. The van der Waals surface area contributed by atoms with Crippen LogP contribution in [0.3, 0.4) is 0 Å². The number of anilines is 1. The van der Waals surface area contributed by atoms with Crippen LogP contribution in [0.2, 0.25) is 0 Å². The van der Waals surface area contributed by atoms with Gasteiger partial charge in [-0.2, -0.15) is 11.8 Å². The third-order valence-corrected chi connectivity index (χ3v) is 5.05. The second kappa shape index (κ2) is 6.98. The number of carboxylic acids is 1. The molecule has 1 fully saturated rings. The van der Waals surface area contributed by atoms with Gasteiger partial charge in [0.1, 0.15) is 17.7 Å². The highest BCUT2D eigenvalue weighted by Crippen LogP contribution is 2.34. The molecule has 0 saturated carbocycles. The minimum absolute atomic E-state index is 0.0465. The third-order valence-electron chi connectivity index (χ3n) is 3.99. The highest BCUT2D eigenvalue weighted by Gasteiger charge is 2.43. The van der Waals surface area contributed by atoms with Crippen molar-refractivity contribution in [1.82, 2.24) is 9.55 Å². The lowest BCUT2D eigenvalue weighted by molar-refractivity contribution is -0.136. The zero-order valence-corrected chi connectivity index (χ0v) is 13.6. The number of thioether (sulfide) groups is 1. The summed E-state index contributed by atoms with van der Waals surface area (Å²) in [6.45, 7) is 0. The van der Waals surface area contributed by atoms with Crippen LogP contribution in [0.5, 0.6) is 0 Å². The van der Waals surface area contributed by atoms with Gasteiger partial charge in [0.25, 0.3) is 0 Å². The molecule has 1 aromatic heterocycles. The predicted octanol–water partition coefficient (Wildman–Crippen LogP) is 0.446. The molecule has 0 radical (unpaired) electrons. The summed E-state index contributed by atoms with van der Waals surface area (Å²) in [6, 6.07) is 5.34. The second-order valence-electron chi connectivity index (χ2n) is 5.63. The van der Waals surface area contributed by atoms with E-state index in [9.17, 15) is 15.0 Å². The van der Waals surface area contributed by atoms with Crippen molar-refractivity contribution in [2.45, 2.75) is 31.0 Å². The van der Waals surface area contributed by atoms with Gasteiger partial charge in [-0.3, -0.25) is 4.79 Å². The molecular weight excluding hydrogens is 334 g/mol. The fourth-order valence-corrected chi connectivity index (χ4v) is 3.73. The molecule has 130 valence electrons. The van der Waals surface area contributed by atoms with Gasteiger partial charge in [0.2, 0.25) is 0 Å². The first-order valence-electron chi connectivity index (χ1n) is 7.51. The van der Waals surface area contributed by atoms with Crippen LogP contribution in [0.1, 0.15) is 12.6 Å². The van der Waals surface area contributed by atoms with E-state index < -0.39 is 30.5 Å². The first kappa shape index (κ1) is 17.0. The van der Waals surface area contributed by atoms with Crippen molar-refractivity contribution in [3.05, 3.63) is 24.5 Å². The average molecular weight is 353 g/mol. The maximum atomic E-state index is 10.5. The number of hydrogen-bond donors (Lipinski definition) is 4. The van der Waals surface area contributed by atoms with Gasteiger partial charge < -0.3 is 30.4 Å². The lowest BCUT2D eigenvalue weighted by atomic mass is 10.1. The van der Waals surface area contributed by atoms with Crippen LogP contribution in [0, 0.1) is 0 Å². The van der Waals surface area contributed by atoms with Gasteiger partial charge in [0.05, 0.1) is 30.1 Å². The zero-order chi connectivity index (χ0) is 17.3. The Labute approximate surface area is 142 Å². The molecule has 24 heavy (non-hydrogen) atoms. The van der Waals surface area contributed by atoms with Crippen LogP contribution >= 0.6 is 11.8 Å². The van der Waals surface area contributed by atoms with Crippen molar-refractivity contribution < 1.29 is 24.9 Å². The molecule has 1 aliphatic rings. The summed E-state index contributed by atoms with van der Waals surface area (Å²) in [5.74, 6) is -0.0416. The van der Waals surface area contributed by atoms with Crippen molar-refractivity contribution in [2.24, 2.45) is 0 Å². The second-order valence-corrected chi connectivity index (χ2v) is 6.78. The monoisotopic (exact) mass is 353 g/mol. The Hall–Kier alpha value is -1.81. The van der Waals surface area contributed by atoms with Gasteiger partial charge in [-0.15, -0.1) is 0 Å². The Bertz CT molecular complexity index is 737. The van der Waals surface area contributed by atoms with E-state index in [-0.39, 0.29) is 6.42 Å². The zero-order valence-electron chi connectivity index (χ0n) is 12.8. The smallest absolute Gasteiger partial charge is 0.304 e. The minimum atomic E-state index is -1.10. The van der Waals surface area contributed by atoms with Crippen LogP contribution in [-0.4, -0.2) is 60.7 Å². The number of aliphatic hydroxyl groups is 2. The predicted molar refractivity (Wildman–Crippen MR) is 89.6 cm³/mol. The number of carbonyl (C=O) groups is 1. The Kier molecular flexibility index (Phi) is 4.95. The van der Waals surface area contributed by atoms with Crippen LogP contribution in [-0.2, 0) is 9.53 Å². The lowest BCUT2D eigenvalue weighted by Gasteiger charge is -2.17. The lowest BCUT2D eigenvalue weighted by Crippen LogP contribution is -2.32. The molecule has 1 saturated heterocycles. The average Bonchev–Trinajstić information content (AvgIpc) is 3.08. The molecule has 0 amide bonds. The highest BCUT2D eigenvalue weighted by atomic mass is 32.2. The molecule has 1 aliphatic heterocycles. The number of fused-ring (bicyclic) bond motifs is 1. The van der Waals surface area contributed by atoms with E-state index in [2.05, 4.69) is 4.98 Å². The summed E-state index contributed by atoms with van der Waals surface area (Å²) in [7, 11) is 0. The summed E-state index contributed by atoms with van der Waals surface area (Å²) in [5, 5.41) is 29.1. The quantitative estimate of drug-likeness (QED) is 0.435. The molecule has 0 unspecified atom stereocenters. The number of aromatic nitrogens is 2. The van der Waals surface area contributed by atoms with Crippen LogP contribution < -0.4 is 5.73 Å². The standard InChI is InChI=1S/C15H19N3O5S/c16-8-2-1-3-9-12(8)17-7-18(9)15-14(22)13(21)10(23-15)6-24-5-4-11(19)20/h1-3,7,10,13-15,21-22H,4-6,16H2,(H,19,20)/t10-,13-,14-,15-/m1/s1. The third kappa shape index (κ3) is 3.20. The molecule has 2 aromatic rings. The van der Waals surface area contributed by atoms with Gasteiger partial charge >= 0.3 is 5.97 Å². The number of carboxylic acid groups (broad SMARTS) is 1. The van der Waals surface area contributed by atoms with Gasteiger partial charge in [-0.1, -0.05) is 6.07 Å². The van der Waals surface area contributed by atoms with Gasteiger partial charge in [-0.25, -0.2) is 4.98 Å². The number of nitrogen functional groups attached to an aromatic ring is 1. The van der Waals surface area contributed by atoms with Crippen molar-refractivity contribution in [3.63, 3.8) is 0 Å². The number of aliphatic hydroxyl groups excluding tert-OH is 2. The normalized spacial score (nSPS) is 26.9. The number of imidazole rings is 1. The molecule has 4 atom stereocenters. The molecule has 3 rings (SSSR count). The summed E-state index contributed by atoms with van der Waals surface area (Å²) in [4.78, 5) is 14.8. The van der Waals surface area contributed by atoms with Crippen molar-refractivity contribution in [3.8, 4) is 0 Å². The summed E-state index contributed by atoms with van der Waals surface area (Å²) >= 11 is 1.37. The topological polar surface area (TPSA) is 131 Å². The molecule has 0 aliphatic carbocycles. The fourth-order valence-electron chi connectivity index (χ4n) is 2.74. The van der Waals surface area contributed by atoms with Crippen molar-refractivity contribution >= 4 is 34.5 Å². The molecule has 2 heterocycles. The molecule has 5 N–H and O–H groups in total. The number of aliphatic carboxylic acids is 1. The maximum Gasteiger partial charge on any atom is 0.304 e. The van der Waals surface area contributed by atoms with Gasteiger partial charge in [-0.05, 0) is 12.1 Å². The van der Waals surface area contributed by atoms with Crippen molar-refractivity contribution in [2.75, 3.05) is 17.2 Å². The van der Waals surface area contributed by atoms with E-state index >= 15 is 0 Å². The van der Waals surface area contributed by atoms with E-state index in [1.54, 1.807) is 16.7 Å². The maximum absolute atomic E-state index is 10.5. The van der Waals surface area contributed by atoms with Gasteiger partial charge in [0.15, 0.2) is 6.23 Å². The molecular formula is C15H19N3O5S. The molecule has 0 spiro atoms. The number of hydrogen-bond acceptors (Lipinski definition) is 7. The molecule has 0 bridgehead atoms. The molecule has 9 heteroatoms. The Morgan fingerprint density at radius 3 is 2.92 bits per heavy atom. The molecule has 1 aromatic carbocycles. The first-order valence-corrected chi connectivity index (χ1v) is 8.66. The van der Waals surface area contributed by atoms with E-state index in [0.717, 1.165) is 0 Å². The number of rotatable bonds is 6. The van der Waals surface area contributed by atoms with Crippen LogP contribution in [0.25, 0.3) is 11.0 Å². The highest BCUT2D eigenvalue weighted by molar-refractivity contribution is 7.99.